The Labute approximate surface area is 197 Å². The number of morpholine rings is 1. The quantitative estimate of drug-likeness (QED) is 0.614. The fraction of sp³-hybridized carbons (Fsp3) is 0.417. The Balaban J connectivity index is 1.24. The number of carbonyl (C=O) groups excluding carboxylic acids is 1. The highest BCUT2D eigenvalue weighted by atomic mass is 16.5. The topological polar surface area (TPSA) is 106 Å². The lowest BCUT2D eigenvalue weighted by molar-refractivity contribution is 0.121. The summed E-state index contributed by atoms with van der Waals surface area (Å²) < 4.78 is 13.6. The van der Waals surface area contributed by atoms with Crippen LogP contribution in [-0.2, 0) is 18.2 Å². The first-order valence-electron chi connectivity index (χ1n) is 11.7. The van der Waals surface area contributed by atoms with E-state index in [1.807, 2.05) is 24.3 Å². The molecule has 2 aliphatic heterocycles. The van der Waals surface area contributed by atoms with E-state index in [-0.39, 0.29) is 11.6 Å². The number of carbonyl (C=O) groups is 1. The minimum atomic E-state index is -0.330. The molecule has 3 aliphatic rings. The van der Waals surface area contributed by atoms with Crippen molar-refractivity contribution >= 4 is 23.2 Å². The van der Waals surface area contributed by atoms with Crippen molar-refractivity contribution in [1.82, 2.24) is 19.7 Å². The maximum Gasteiger partial charge on any atom is 0.323 e. The van der Waals surface area contributed by atoms with E-state index in [4.69, 9.17) is 19.4 Å². The molecule has 10 nitrogen and oxygen atoms in total. The summed E-state index contributed by atoms with van der Waals surface area (Å²) >= 11 is 0. The average Bonchev–Trinajstić information content (AvgIpc) is 3.47. The van der Waals surface area contributed by atoms with Crippen molar-refractivity contribution in [2.45, 2.75) is 31.3 Å². The number of hydrogen-bond acceptors (Lipinski definition) is 7. The van der Waals surface area contributed by atoms with Gasteiger partial charge in [-0.1, -0.05) is 0 Å². The monoisotopic (exact) mass is 461 g/mol. The second-order valence-corrected chi connectivity index (χ2v) is 9.10. The molecule has 1 aliphatic carbocycles. The number of amides is 2. The normalized spacial score (nSPS) is 18.2. The van der Waals surface area contributed by atoms with Crippen LogP contribution >= 0.6 is 0 Å². The van der Waals surface area contributed by atoms with Crippen LogP contribution in [-0.4, -0.2) is 57.7 Å². The molecule has 2 amide bonds. The standard InChI is InChI=1S/C24H27N7O3/c1-30-15-18(14-25-30)27-23(32)26-17-4-2-16(3-5-17)20-28-21(31-10-12-33-13-11-31)19-6-7-24(8-9-24)34-22(19)29-20/h2-5,14-15H,6-13H2,1H3,(H2,26,27,32). The molecule has 176 valence electrons. The summed E-state index contributed by atoms with van der Waals surface area (Å²) in [7, 11) is 1.80. The van der Waals surface area contributed by atoms with Crippen LogP contribution in [0, 0.1) is 0 Å². The summed E-state index contributed by atoms with van der Waals surface area (Å²) in [5, 5.41) is 9.64. The molecule has 3 aromatic rings. The van der Waals surface area contributed by atoms with E-state index >= 15 is 0 Å². The fourth-order valence-corrected chi connectivity index (χ4v) is 4.50. The van der Waals surface area contributed by atoms with E-state index in [1.54, 1.807) is 24.1 Å². The highest BCUT2D eigenvalue weighted by molar-refractivity contribution is 5.99. The molecule has 1 saturated heterocycles. The highest BCUT2D eigenvalue weighted by Gasteiger charge is 2.48. The van der Waals surface area contributed by atoms with Crippen LogP contribution in [0.3, 0.4) is 0 Å². The first kappa shape index (κ1) is 20.9. The molecule has 6 rings (SSSR count). The largest absolute Gasteiger partial charge is 0.471 e. The Morgan fingerprint density at radius 2 is 1.79 bits per heavy atom. The van der Waals surface area contributed by atoms with Gasteiger partial charge in [0, 0.05) is 37.6 Å². The first-order valence-corrected chi connectivity index (χ1v) is 11.7. The van der Waals surface area contributed by atoms with Crippen molar-refractivity contribution in [3.05, 3.63) is 42.2 Å². The van der Waals surface area contributed by atoms with Crippen LogP contribution < -0.4 is 20.3 Å². The van der Waals surface area contributed by atoms with Crippen LogP contribution in [0.15, 0.2) is 36.7 Å². The Morgan fingerprint density at radius 1 is 1.03 bits per heavy atom. The maximum absolute atomic E-state index is 12.3. The molecule has 0 bridgehead atoms. The zero-order valence-corrected chi connectivity index (χ0v) is 19.1. The summed E-state index contributed by atoms with van der Waals surface area (Å²) in [6, 6.07) is 7.20. The van der Waals surface area contributed by atoms with Crippen molar-refractivity contribution in [3.8, 4) is 17.3 Å². The van der Waals surface area contributed by atoms with E-state index in [9.17, 15) is 4.79 Å². The number of urea groups is 1. The summed E-state index contributed by atoms with van der Waals surface area (Å²) in [4.78, 5) is 24.3. The zero-order valence-electron chi connectivity index (χ0n) is 19.1. The van der Waals surface area contributed by atoms with Crippen LogP contribution in [0.4, 0.5) is 22.0 Å². The average molecular weight is 462 g/mol. The Kier molecular flexibility index (Phi) is 5.09. The van der Waals surface area contributed by atoms with Gasteiger partial charge in [0.15, 0.2) is 5.82 Å². The molecule has 0 atom stereocenters. The summed E-state index contributed by atoms with van der Waals surface area (Å²) in [5.41, 5.74) is 3.26. The molecule has 34 heavy (non-hydrogen) atoms. The van der Waals surface area contributed by atoms with Crippen LogP contribution in [0.2, 0.25) is 0 Å². The number of aromatic nitrogens is 4. The molecule has 0 radical (unpaired) electrons. The van der Waals surface area contributed by atoms with Gasteiger partial charge < -0.3 is 25.0 Å². The van der Waals surface area contributed by atoms with Gasteiger partial charge >= 0.3 is 6.03 Å². The minimum absolute atomic E-state index is 0.0175. The number of benzene rings is 1. The van der Waals surface area contributed by atoms with Gasteiger partial charge in [-0.05, 0) is 49.9 Å². The lowest BCUT2D eigenvalue weighted by Crippen LogP contribution is -2.38. The number of rotatable bonds is 4. The number of fused-ring (bicyclic) bond motifs is 1. The van der Waals surface area contributed by atoms with E-state index < -0.39 is 0 Å². The van der Waals surface area contributed by atoms with Gasteiger partial charge in [0.05, 0.1) is 30.7 Å². The molecule has 1 saturated carbocycles. The number of anilines is 3. The Morgan fingerprint density at radius 3 is 2.50 bits per heavy atom. The number of nitrogens with zero attached hydrogens (tertiary/aromatic N) is 5. The van der Waals surface area contributed by atoms with Gasteiger partial charge in [-0.15, -0.1) is 0 Å². The van der Waals surface area contributed by atoms with Crippen molar-refractivity contribution < 1.29 is 14.3 Å². The van der Waals surface area contributed by atoms with Gasteiger partial charge in [-0.25, -0.2) is 9.78 Å². The highest BCUT2D eigenvalue weighted by Crippen LogP contribution is 2.49. The van der Waals surface area contributed by atoms with Gasteiger partial charge in [0.25, 0.3) is 0 Å². The first-order chi connectivity index (χ1) is 16.6. The van der Waals surface area contributed by atoms with Gasteiger partial charge in [0.1, 0.15) is 11.4 Å². The van der Waals surface area contributed by atoms with Crippen molar-refractivity contribution in [3.63, 3.8) is 0 Å². The van der Waals surface area contributed by atoms with Gasteiger partial charge in [-0.2, -0.15) is 10.1 Å². The van der Waals surface area contributed by atoms with Crippen LogP contribution in [0.1, 0.15) is 24.8 Å². The van der Waals surface area contributed by atoms with E-state index in [0.717, 1.165) is 55.7 Å². The molecule has 2 fully saturated rings. The zero-order chi connectivity index (χ0) is 23.1. The molecular weight excluding hydrogens is 434 g/mol. The minimum Gasteiger partial charge on any atom is -0.471 e. The fourth-order valence-electron chi connectivity index (χ4n) is 4.50. The number of aryl methyl sites for hydroxylation is 1. The van der Waals surface area contributed by atoms with E-state index in [0.29, 0.717) is 36.3 Å². The number of hydrogen-bond donors (Lipinski definition) is 2. The Bertz CT molecular complexity index is 1210. The third-order valence-corrected chi connectivity index (χ3v) is 6.57. The molecule has 1 aromatic carbocycles. The lowest BCUT2D eigenvalue weighted by atomic mass is 10.0. The second kappa shape index (κ2) is 8.28. The molecule has 4 heterocycles. The summed E-state index contributed by atoms with van der Waals surface area (Å²) in [6.07, 6.45) is 7.49. The number of nitrogens with one attached hydrogen (secondary N) is 2. The molecular formula is C24H27N7O3. The molecule has 2 N–H and O–H groups in total. The number of ether oxygens (including phenoxy) is 2. The summed E-state index contributed by atoms with van der Waals surface area (Å²) in [6.45, 7) is 3.01. The third kappa shape index (κ3) is 4.16. The molecule has 0 unspecified atom stereocenters. The van der Waals surface area contributed by atoms with Crippen molar-refractivity contribution in [2.75, 3.05) is 41.8 Å². The predicted octanol–water partition coefficient (Wildman–Crippen LogP) is 3.22. The van der Waals surface area contributed by atoms with Gasteiger partial charge in [0.2, 0.25) is 5.88 Å². The molecule has 2 aromatic heterocycles. The summed E-state index contributed by atoms with van der Waals surface area (Å²) in [5.74, 6) is 2.30. The van der Waals surface area contributed by atoms with Crippen molar-refractivity contribution in [2.24, 2.45) is 7.05 Å². The SMILES string of the molecule is Cn1cc(NC(=O)Nc2ccc(-c3nc4c(c(N5CCOCC5)n3)CCC3(CC3)O4)cc2)cn1. The van der Waals surface area contributed by atoms with E-state index in [2.05, 4.69) is 20.6 Å². The van der Waals surface area contributed by atoms with Crippen LogP contribution in [0.5, 0.6) is 5.88 Å². The van der Waals surface area contributed by atoms with Gasteiger partial charge in [-0.3, -0.25) is 4.68 Å². The predicted molar refractivity (Wildman–Crippen MR) is 127 cm³/mol. The lowest BCUT2D eigenvalue weighted by Gasteiger charge is -2.33. The Hall–Kier alpha value is -3.66. The smallest absolute Gasteiger partial charge is 0.323 e. The third-order valence-electron chi connectivity index (χ3n) is 6.57. The second-order valence-electron chi connectivity index (χ2n) is 9.10. The maximum atomic E-state index is 12.3. The van der Waals surface area contributed by atoms with Crippen LogP contribution in [0.25, 0.3) is 11.4 Å². The molecule has 10 heteroatoms. The van der Waals surface area contributed by atoms with Crippen molar-refractivity contribution in [1.29, 1.82) is 0 Å². The molecule has 1 spiro atoms. The van der Waals surface area contributed by atoms with E-state index in [1.165, 1.54) is 0 Å².